The molecule has 0 bridgehead atoms. The average Bonchev–Trinajstić information content (AvgIpc) is 2.69. The Kier molecular flexibility index (Phi) is 2.22. The summed E-state index contributed by atoms with van der Waals surface area (Å²) < 4.78 is 38.3. The predicted molar refractivity (Wildman–Crippen MR) is 50.1 cm³/mol. The van der Waals surface area contributed by atoms with Crippen LogP contribution >= 0.6 is 0 Å². The third-order valence-electron chi connectivity index (χ3n) is 1.95. The van der Waals surface area contributed by atoms with Crippen molar-refractivity contribution in [3.63, 3.8) is 0 Å². The molecule has 0 spiro atoms. The van der Waals surface area contributed by atoms with Crippen LogP contribution in [0.5, 0.6) is 0 Å². The molecule has 1 aromatic heterocycles. The molecule has 0 radical (unpaired) electrons. The number of hydrogen-bond donors (Lipinski definition) is 0. The Morgan fingerprint density at radius 1 is 1.07 bits per heavy atom. The molecule has 0 fully saturated rings. The molecular weight excluding hydrogens is 206 g/mol. The lowest BCUT2D eigenvalue weighted by Crippen LogP contribution is -2.33. The standard InChI is InChI=1S/C8H6BF3N3/c10-9(11,12)7-1-3-8(4-2-7)15-6-13-5-14-15/h1-6H/q-1. The van der Waals surface area contributed by atoms with Gasteiger partial charge >= 0.3 is 6.98 Å². The summed E-state index contributed by atoms with van der Waals surface area (Å²) in [5, 5.41) is 3.81. The van der Waals surface area contributed by atoms with E-state index in [2.05, 4.69) is 10.1 Å². The summed E-state index contributed by atoms with van der Waals surface area (Å²) in [5.74, 6) is 0. The van der Waals surface area contributed by atoms with Gasteiger partial charge in [0.2, 0.25) is 0 Å². The molecule has 1 aromatic carbocycles. The van der Waals surface area contributed by atoms with Crippen LogP contribution in [0.3, 0.4) is 0 Å². The molecule has 78 valence electrons. The summed E-state index contributed by atoms with van der Waals surface area (Å²) in [6, 6.07) is 4.80. The molecular formula is C8H6BF3N3-. The third-order valence-corrected chi connectivity index (χ3v) is 1.95. The SMILES string of the molecule is F[B-](F)(F)c1ccc(-n2cncn2)cc1. The van der Waals surface area contributed by atoms with Gasteiger partial charge in [-0.15, -0.1) is 5.46 Å². The summed E-state index contributed by atoms with van der Waals surface area (Å²) in [7, 11) is 0. The second kappa shape index (κ2) is 3.41. The fraction of sp³-hybridized carbons (Fsp3) is 0. The van der Waals surface area contributed by atoms with Crippen LogP contribution in [0.25, 0.3) is 5.69 Å². The first-order valence-corrected chi connectivity index (χ1v) is 4.22. The maximum Gasteiger partial charge on any atom is 0.509 e. The maximum absolute atomic E-state index is 12.3. The molecule has 0 amide bonds. The van der Waals surface area contributed by atoms with Gasteiger partial charge in [-0.3, -0.25) is 0 Å². The Bertz CT molecular complexity index is 435. The van der Waals surface area contributed by atoms with E-state index in [-0.39, 0.29) is 0 Å². The summed E-state index contributed by atoms with van der Waals surface area (Å²) in [6.45, 7) is -4.93. The molecule has 0 aliphatic heterocycles. The van der Waals surface area contributed by atoms with E-state index in [1.807, 2.05) is 0 Å². The van der Waals surface area contributed by atoms with Crippen molar-refractivity contribution in [2.24, 2.45) is 0 Å². The van der Waals surface area contributed by atoms with Gasteiger partial charge in [0, 0.05) is 0 Å². The topological polar surface area (TPSA) is 30.7 Å². The minimum atomic E-state index is -4.93. The molecule has 0 N–H and O–H groups in total. The summed E-state index contributed by atoms with van der Waals surface area (Å²) in [6.07, 6.45) is 2.75. The van der Waals surface area contributed by atoms with Crippen molar-refractivity contribution in [3.8, 4) is 5.69 Å². The first-order valence-electron chi connectivity index (χ1n) is 4.22. The molecule has 2 aromatic rings. The van der Waals surface area contributed by atoms with Gasteiger partial charge in [-0.25, -0.2) is 9.67 Å². The van der Waals surface area contributed by atoms with E-state index in [9.17, 15) is 12.9 Å². The zero-order valence-electron chi connectivity index (χ0n) is 7.52. The lowest BCUT2D eigenvalue weighted by Gasteiger charge is -2.14. The summed E-state index contributed by atoms with van der Waals surface area (Å²) in [5.41, 5.74) is -0.0600. The quantitative estimate of drug-likeness (QED) is 0.702. The van der Waals surface area contributed by atoms with Gasteiger partial charge in [-0.1, -0.05) is 12.1 Å². The molecule has 7 heteroatoms. The van der Waals surface area contributed by atoms with Crippen LogP contribution in [-0.4, -0.2) is 21.7 Å². The van der Waals surface area contributed by atoms with E-state index in [1.165, 1.54) is 29.5 Å². The Morgan fingerprint density at radius 3 is 2.20 bits per heavy atom. The summed E-state index contributed by atoms with van der Waals surface area (Å²) in [4.78, 5) is 3.70. The van der Waals surface area contributed by atoms with E-state index in [0.717, 1.165) is 12.1 Å². The van der Waals surface area contributed by atoms with Crippen molar-refractivity contribution in [2.45, 2.75) is 0 Å². The van der Waals surface area contributed by atoms with Gasteiger partial charge in [0.25, 0.3) is 0 Å². The maximum atomic E-state index is 12.3. The van der Waals surface area contributed by atoms with Crippen molar-refractivity contribution in [2.75, 3.05) is 0 Å². The lowest BCUT2D eigenvalue weighted by molar-refractivity contribution is 0.501. The summed E-state index contributed by atoms with van der Waals surface area (Å²) >= 11 is 0. The molecule has 0 saturated heterocycles. The lowest BCUT2D eigenvalue weighted by atomic mass is 9.80. The highest BCUT2D eigenvalue weighted by Crippen LogP contribution is 2.10. The Labute approximate surface area is 83.6 Å². The number of nitrogens with zero attached hydrogens (tertiary/aromatic N) is 3. The molecule has 2 rings (SSSR count). The second-order valence-electron chi connectivity index (χ2n) is 3.01. The predicted octanol–water partition coefficient (Wildman–Crippen LogP) is 1.32. The zero-order chi connectivity index (χ0) is 10.9. The fourth-order valence-electron chi connectivity index (χ4n) is 1.19. The van der Waals surface area contributed by atoms with E-state index in [0.29, 0.717) is 5.69 Å². The minimum Gasteiger partial charge on any atom is -0.445 e. The van der Waals surface area contributed by atoms with Crippen LogP contribution in [0.4, 0.5) is 12.9 Å². The van der Waals surface area contributed by atoms with Crippen LogP contribution in [0.15, 0.2) is 36.9 Å². The number of hydrogen-bond acceptors (Lipinski definition) is 2. The van der Waals surface area contributed by atoms with Crippen molar-refractivity contribution in [1.82, 2.24) is 14.8 Å². The smallest absolute Gasteiger partial charge is 0.445 e. The highest BCUT2D eigenvalue weighted by atomic mass is 19.4. The van der Waals surface area contributed by atoms with Crippen molar-refractivity contribution in [3.05, 3.63) is 36.9 Å². The minimum absolute atomic E-state index is 0.552. The molecule has 0 atom stereocenters. The van der Waals surface area contributed by atoms with E-state index < -0.39 is 12.4 Å². The van der Waals surface area contributed by atoms with Crippen LogP contribution in [-0.2, 0) is 0 Å². The Morgan fingerprint density at radius 2 is 1.73 bits per heavy atom. The molecule has 15 heavy (non-hydrogen) atoms. The van der Waals surface area contributed by atoms with Crippen LogP contribution in [0.1, 0.15) is 0 Å². The molecule has 1 heterocycles. The van der Waals surface area contributed by atoms with Gasteiger partial charge in [0.15, 0.2) is 0 Å². The van der Waals surface area contributed by atoms with Crippen LogP contribution < -0.4 is 5.46 Å². The normalized spacial score (nSPS) is 11.7. The Balaban J connectivity index is 2.33. The first kappa shape index (κ1) is 9.76. The number of benzene rings is 1. The van der Waals surface area contributed by atoms with Crippen molar-refractivity contribution < 1.29 is 12.9 Å². The highest BCUT2D eigenvalue weighted by molar-refractivity contribution is 6.73. The highest BCUT2D eigenvalue weighted by Gasteiger charge is 2.24. The molecule has 0 aliphatic rings. The molecule has 0 unspecified atom stereocenters. The molecule has 3 nitrogen and oxygen atoms in total. The van der Waals surface area contributed by atoms with Crippen molar-refractivity contribution in [1.29, 1.82) is 0 Å². The van der Waals surface area contributed by atoms with Gasteiger partial charge in [-0.05, 0) is 12.1 Å². The van der Waals surface area contributed by atoms with Gasteiger partial charge in [0.05, 0.1) is 5.69 Å². The van der Waals surface area contributed by atoms with Crippen LogP contribution in [0, 0.1) is 0 Å². The Hall–Kier alpha value is -1.79. The number of rotatable bonds is 2. The van der Waals surface area contributed by atoms with E-state index >= 15 is 0 Å². The molecule has 0 saturated carbocycles. The van der Waals surface area contributed by atoms with Gasteiger partial charge in [0.1, 0.15) is 12.7 Å². The van der Waals surface area contributed by atoms with Crippen LogP contribution in [0.2, 0.25) is 0 Å². The van der Waals surface area contributed by atoms with Gasteiger partial charge < -0.3 is 12.9 Å². The number of aromatic nitrogens is 3. The number of halogens is 3. The fourth-order valence-corrected chi connectivity index (χ4v) is 1.19. The van der Waals surface area contributed by atoms with E-state index in [4.69, 9.17) is 0 Å². The van der Waals surface area contributed by atoms with Gasteiger partial charge in [-0.2, -0.15) is 5.10 Å². The van der Waals surface area contributed by atoms with E-state index in [1.54, 1.807) is 0 Å². The largest absolute Gasteiger partial charge is 0.509 e. The second-order valence-corrected chi connectivity index (χ2v) is 3.01. The first-order chi connectivity index (χ1) is 7.07. The van der Waals surface area contributed by atoms with Crippen molar-refractivity contribution >= 4 is 12.4 Å². The zero-order valence-corrected chi connectivity index (χ0v) is 7.52. The third kappa shape index (κ3) is 2.00. The monoisotopic (exact) mass is 212 g/mol. The average molecular weight is 212 g/mol. The molecule has 0 aliphatic carbocycles.